The lowest BCUT2D eigenvalue weighted by Gasteiger charge is -2.32. The van der Waals surface area contributed by atoms with Gasteiger partial charge in [0.15, 0.2) is 0 Å². The molecule has 148 valence electrons. The maximum atomic E-state index is 12.3. The number of H-pyrrole nitrogens is 1. The number of aromatic amines is 1. The van der Waals surface area contributed by atoms with Crippen LogP contribution in [0.5, 0.6) is 0 Å². The highest BCUT2D eigenvalue weighted by Crippen LogP contribution is 2.19. The summed E-state index contributed by atoms with van der Waals surface area (Å²) in [7, 11) is -3.30. The van der Waals surface area contributed by atoms with E-state index in [1.54, 1.807) is 0 Å². The average Bonchev–Trinajstić information content (AvgIpc) is 3.10. The molecular weight excluding hydrogens is 360 g/mol. The molecule has 1 aromatic carbocycles. The van der Waals surface area contributed by atoms with Crippen LogP contribution < -0.4 is 4.72 Å². The summed E-state index contributed by atoms with van der Waals surface area (Å²) in [5.74, 6) is 0.802. The Morgan fingerprint density at radius 2 is 2.07 bits per heavy atom. The maximum Gasteiger partial charge on any atom is 0.215 e. The summed E-state index contributed by atoms with van der Waals surface area (Å²) in [5.41, 5.74) is 3.03. The first-order valence-electron chi connectivity index (χ1n) is 9.69. The zero-order valence-corrected chi connectivity index (χ0v) is 17.0. The molecule has 1 saturated heterocycles. The van der Waals surface area contributed by atoms with Crippen molar-refractivity contribution >= 4 is 10.0 Å². The number of rotatable bonds is 8. The summed E-state index contributed by atoms with van der Waals surface area (Å²) in [5, 5.41) is 7.49. The lowest BCUT2D eigenvalue weighted by atomic mass is 9.98. The molecule has 0 bridgehead atoms. The van der Waals surface area contributed by atoms with Crippen LogP contribution in [0.4, 0.5) is 0 Å². The lowest BCUT2D eigenvalue weighted by molar-refractivity contribution is 0.167. The summed E-state index contributed by atoms with van der Waals surface area (Å²) in [6.45, 7) is 7.57. The molecule has 0 unspecified atom stereocenters. The molecule has 1 aliphatic rings. The lowest BCUT2D eigenvalue weighted by Crippen LogP contribution is -2.40. The molecule has 1 atom stereocenters. The SMILES string of the molecule is CC(C)c1cc(CN2CCC[C@H](CNS(=O)(=O)Cc3ccccc3)C2)[nH]n1. The molecule has 0 spiro atoms. The van der Waals surface area contributed by atoms with Crippen molar-refractivity contribution in [1.29, 1.82) is 0 Å². The van der Waals surface area contributed by atoms with Crippen LogP contribution in [0.3, 0.4) is 0 Å². The van der Waals surface area contributed by atoms with Crippen molar-refractivity contribution in [2.45, 2.75) is 44.9 Å². The van der Waals surface area contributed by atoms with Crippen LogP contribution in [-0.4, -0.2) is 43.1 Å². The highest BCUT2D eigenvalue weighted by molar-refractivity contribution is 7.88. The van der Waals surface area contributed by atoms with Crippen molar-refractivity contribution in [1.82, 2.24) is 19.8 Å². The van der Waals surface area contributed by atoms with Crippen molar-refractivity contribution in [3.05, 3.63) is 53.3 Å². The topological polar surface area (TPSA) is 78.1 Å². The van der Waals surface area contributed by atoms with Crippen LogP contribution in [0, 0.1) is 5.92 Å². The molecule has 0 aliphatic carbocycles. The van der Waals surface area contributed by atoms with Gasteiger partial charge in [-0.2, -0.15) is 5.10 Å². The number of piperidine rings is 1. The molecule has 6 nitrogen and oxygen atoms in total. The van der Waals surface area contributed by atoms with Crippen LogP contribution in [0.25, 0.3) is 0 Å². The number of likely N-dealkylation sites (tertiary alicyclic amines) is 1. The summed E-state index contributed by atoms with van der Waals surface area (Å²) < 4.78 is 27.5. The number of sulfonamides is 1. The summed E-state index contributed by atoms with van der Waals surface area (Å²) in [4.78, 5) is 2.39. The van der Waals surface area contributed by atoms with Gasteiger partial charge in [0.05, 0.1) is 11.4 Å². The number of nitrogens with zero attached hydrogens (tertiary/aromatic N) is 2. The molecule has 1 aromatic heterocycles. The van der Waals surface area contributed by atoms with E-state index < -0.39 is 10.0 Å². The van der Waals surface area contributed by atoms with Crippen LogP contribution in [0.15, 0.2) is 36.4 Å². The van der Waals surface area contributed by atoms with Gasteiger partial charge in [-0.15, -0.1) is 0 Å². The largest absolute Gasteiger partial charge is 0.297 e. The molecule has 0 saturated carbocycles. The predicted octanol–water partition coefficient (Wildman–Crippen LogP) is 2.86. The monoisotopic (exact) mass is 390 g/mol. The molecule has 2 heterocycles. The first kappa shape index (κ1) is 20.0. The summed E-state index contributed by atoms with van der Waals surface area (Å²) in [6, 6.07) is 11.4. The van der Waals surface area contributed by atoms with Gasteiger partial charge in [0.25, 0.3) is 0 Å². The van der Waals surface area contributed by atoms with Crippen molar-refractivity contribution in [2.75, 3.05) is 19.6 Å². The average molecular weight is 391 g/mol. The maximum absolute atomic E-state index is 12.3. The second-order valence-electron chi connectivity index (χ2n) is 7.81. The van der Waals surface area contributed by atoms with Gasteiger partial charge in [0, 0.05) is 25.3 Å². The Balaban J connectivity index is 1.49. The highest BCUT2D eigenvalue weighted by atomic mass is 32.2. The molecular formula is C20H30N4O2S. The summed E-state index contributed by atoms with van der Waals surface area (Å²) >= 11 is 0. The Hall–Kier alpha value is -1.70. The smallest absolute Gasteiger partial charge is 0.215 e. The van der Waals surface area contributed by atoms with Crippen molar-refractivity contribution in [2.24, 2.45) is 5.92 Å². The standard InChI is InChI=1S/C20H30N4O2S/c1-16(2)20-11-19(22-23-20)14-24-10-6-9-18(13-24)12-21-27(25,26)15-17-7-4-3-5-8-17/h3-5,7-8,11,16,18,21H,6,9-10,12-15H2,1-2H3,(H,22,23)/t18-/m1/s1. The summed E-state index contributed by atoms with van der Waals surface area (Å²) in [6.07, 6.45) is 2.15. The molecule has 2 N–H and O–H groups in total. The van der Waals surface area contributed by atoms with Crippen LogP contribution in [0.2, 0.25) is 0 Å². The van der Waals surface area contributed by atoms with Crippen molar-refractivity contribution in [3.63, 3.8) is 0 Å². The van der Waals surface area contributed by atoms with E-state index in [2.05, 4.69) is 39.7 Å². The Labute approximate surface area is 162 Å². The van der Waals surface area contributed by atoms with Crippen molar-refractivity contribution < 1.29 is 8.42 Å². The third kappa shape index (κ3) is 6.16. The van der Waals surface area contributed by atoms with Gasteiger partial charge in [-0.3, -0.25) is 10.00 Å². The van der Waals surface area contributed by atoms with E-state index in [-0.39, 0.29) is 5.75 Å². The van der Waals surface area contributed by atoms with Crippen LogP contribution >= 0.6 is 0 Å². The van der Waals surface area contributed by atoms with E-state index in [0.29, 0.717) is 18.4 Å². The number of hydrogen-bond donors (Lipinski definition) is 2. The second kappa shape index (κ2) is 8.99. The number of hydrogen-bond acceptors (Lipinski definition) is 4. The third-order valence-corrected chi connectivity index (χ3v) is 6.35. The molecule has 3 rings (SSSR count). The number of benzene rings is 1. The Kier molecular flexibility index (Phi) is 6.68. The van der Waals surface area contributed by atoms with E-state index in [1.807, 2.05) is 30.3 Å². The van der Waals surface area contributed by atoms with E-state index in [0.717, 1.165) is 49.4 Å². The molecule has 7 heteroatoms. The van der Waals surface area contributed by atoms with Gasteiger partial charge >= 0.3 is 0 Å². The van der Waals surface area contributed by atoms with E-state index >= 15 is 0 Å². The van der Waals surface area contributed by atoms with Crippen LogP contribution in [0.1, 0.15) is 49.6 Å². The molecule has 0 amide bonds. The van der Waals surface area contributed by atoms with E-state index in [9.17, 15) is 8.42 Å². The van der Waals surface area contributed by atoms with Gasteiger partial charge in [0.1, 0.15) is 0 Å². The predicted molar refractivity (Wildman–Crippen MR) is 108 cm³/mol. The van der Waals surface area contributed by atoms with E-state index in [1.165, 1.54) is 0 Å². The fourth-order valence-corrected chi connectivity index (χ4v) is 4.77. The second-order valence-corrected chi connectivity index (χ2v) is 9.62. The number of nitrogens with one attached hydrogen (secondary N) is 2. The first-order valence-corrected chi connectivity index (χ1v) is 11.3. The molecule has 0 radical (unpaired) electrons. The Morgan fingerprint density at radius 1 is 1.30 bits per heavy atom. The van der Waals surface area contributed by atoms with Gasteiger partial charge in [-0.1, -0.05) is 44.2 Å². The fourth-order valence-electron chi connectivity index (χ4n) is 3.55. The minimum Gasteiger partial charge on any atom is -0.297 e. The third-order valence-electron chi connectivity index (χ3n) is 5.03. The number of aromatic nitrogens is 2. The normalized spacial score (nSPS) is 18.9. The molecule has 1 aliphatic heterocycles. The quantitative estimate of drug-likeness (QED) is 0.726. The molecule has 1 fully saturated rings. The van der Waals surface area contributed by atoms with Crippen molar-refractivity contribution in [3.8, 4) is 0 Å². The minimum atomic E-state index is -3.30. The van der Waals surface area contributed by atoms with Gasteiger partial charge in [-0.05, 0) is 42.9 Å². The fraction of sp³-hybridized carbons (Fsp3) is 0.550. The zero-order valence-electron chi connectivity index (χ0n) is 16.2. The zero-order chi connectivity index (χ0) is 19.3. The van der Waals surface area contributed by atoms with Gasteiger partial charge < -0.3 is 0 Å². The van der Waals surface area contributed by atoms with Gasteiger partial charge in [0.2, 0.25) is 10.0 Å². The molecule has 2 aromatic rings. The highest BCUT2D eigenvalue weighted by Gasteiger charge is 2.22. The Morgan fingerprint density at radius 3 is 2.78 bits per heavy atom. The first-order chi connectivity index (χ1) is 12.9. The van der Waals surface area contributed by atoms with Crippen LogP contribution in [-0.2, 0) is 22.3 Å². The van der Waals surface area contributed by atoms with E-state index in [4.69, 9.17) is 0 Å². The minimum absolute atomic E-state index is 0.0381. The van der Waals surface area contributed by atoms with Gasteiger partial charge in [-0.25, -0.2) is 13.1 Å². The Bertz CT molecular complexity index is 818. The molecule has 27 heavy (non-hydrogen) atoms.